The van der Waals surface area contributed by atoms with Crippen molar-refractivity contribution in [2.24, 2.45) is 0 Å². The Labute approximate surface area is 211 Å². The second kappa shape index (κ2) is 10.0. The fourth-order valence-corrected chi connectivity index (χ4v) is 5.84. The largest absolute Gasteiger partial charge is 0.435 e. The maximum atomic E-state index is 12.9. The second-order valence-corrected chi connectivity index (χ2v) is 10.2. The van der Waals surface area contributed by atoms with E-state index in [1.54, 1.807) is 16.2 Å². The van der Waals surface area contributed by atoms with Gasteiger partial charge in [0.05, 0.1) is 10.7 Å². The van der Waals surface area contributed by atoms with Crippen LogP contribution in [0, 0.1) is 6.92 Å². The average molecular weight is 513 g/mol. The molecule has 36 heavy (non-hydrogen) atoms. The van der Waals surface area contributed by atoms with Crippen LogP contribution in [0.1, 0.15) is 46.4 Å². The van der Waals surface area contributed by atoms with Crippen molar-refractivity contribution in [1.29, 1.82) is 0 Å². The highest BCUT2D eigenvalue weighted by Gasteiger charge is 2.35. The Morgan fingerprint density at radius 3 is 2.58 bits per heavy atom. The smallest absolute Gasteiger partial charge is 0.341 e. The normalized spacial score (nSPS) is 15.1. The molecule has 0 radical (unpaired) electrons. The Morgan fingerprint density at radius 1 is 1.08 bits per heavy atom. The Morgan fingerprint density at radius 2 is 1.83 bits per heavy atom. The van der Waals surface area contributed by atoms with E-state index in [9.17, 15) is 18.0 Å². The zero-order chi connectivity index (χ0) is 25.3. The predicted molar refractivity (Wildman–Crippen MR) is 134 cm³/mol. The predicted octanol–water partition coefficient (Wildman–Crippen LogP) is 6.01. The number of nitrogens with zero attached hydrogens (tertiary/aromatic N) is 4. The molecule has 0 spiro atoms. The van der Waals surface area contributed by atoms with Crippen LogP contribution in [0.25, 0.3) is 10.8 Å². The van der Waals surface area contributed by atoms with Gasteiger partial charge in [-0.25, -0.2) is 4.98 Å². The summed E-state index contributed by atoms with van der Waals surface area (Å²) in [6.07, 6.45) is -1.11. The highest BCUT2D eigenvalue weighted by molar-refractivity contribution is 7.09. The van der Waals surface area contributed by atoms with Crippen molar-refractivity contribution in [1.82, 2.24) is 19.7 Å². The number of fused-ring (bicyclic) bond motifs is 1. The van der Waals surface area contributed by atoms with E-state index in [0.29, 0.717) is 24.7 Å². The summed E-state index contributed by atoms with van der Waals surface area (Å²) in [6.45, 7) is 2.49. The molecule has 0 aliphatic carbocycles. The number of hydrogen-bond acceptors (Lipinski definition) is 4. The molecule has 1 fully saturated rings. The first kappa shape index (κ1) is 24.5. The van der Waals surface area contributed by atoms with Gasteiger partial charge in [-0.1, -0.05) is 42.5 Å². The monoisotopic (exact) mass is 512 g/mol. The van der Waals surface area contributed by atoms with Gasteiger partial charge in [-0.05, 0) is 55.0 Å². The number of alkyl halides is 3. The van der Waals surface area contributed by atoms with Gasteiger partial charge in [-0.3, -0.25) is 9.48 Å². The summed E-state index contributed by atoms with van der Waals surface area (Å²) in [4.78, 5) is 19.3. The third-order valence-corrected chi connectivity index (χ3v) is 7.91. The van der Waals surface area contributed by atoms with Gasteiger partial charge < -0.3 is 4.90 Å². The molecule has 9 heteroatoms. The quantitative estimate of drug-likeness (QED) is 0.318. The molecule has 0 unspecified atom stereocenters. The molecule has 1 saturated heterocycles. The molecule has 188 valence electrons. The number of rotatable bonds is 6. The van der Waals surface area contributed by atoms with E-state index in [1.807, 2.05) is 0 Å². The highest BCUT2D eigenvalue weighted by Crippen LogP contribution is 2.32. The number of aromatic nitrogens is 3. The number of halogens is 3. The van der Waals surface area contributed by atoms with Crippen LogP contribution in [0.15, 0.2) is 53.9 Å². The summed E-state index contributed by atoms with van der Waals surface area (Å²) in [7, 11) is 0. The first-order valence-corrected chi connectivity index (χ1v) is 13.0. The fraction of sp³-hybridized carbons (Fsp3) is 0.370. The Balaban J connectivity index is 1.15. The molecule has 2 aromatic heterocycles. The lowest BCUT2D eigenvalue weighted by molar-refractivity contribution is -0.142. The summed E-state index contributed by atoms with van der Waals surface area (Å²) < 4.78 is 39.8. The van der Waals surface area contributed by atoms with Crippen molar-refractivity contribution in [2.45, 2.75) is 51.2 Å². The molecule has 1 amide bonds. The van der Waals surface area contributed by atoms with Gasteiger partial charge >= 0.3 is 6.18 Å². The maximum Gasteiger partial charge on any atom is 0.435 e. The van der Waals surface area contributed by atoms with Crippen LogP contribution in [-0.2, 0) is 30.4 Å². The van der Waals surface area contributed by atoms with Crippen molar-refractivity contribution in [3.05, 3.63) is 81.6 Å². The van der Waals surface area contributed by atoms with Crippen LogP contribution in [0.4, 0.5) is 13.2 Å². The summed E-state index contributed by atoms with van der Waals surface area (Å²) in [5.74, 6) is 0.0944. The maximum absolute atomic E-state index is 12.9. The minimum atomic E-state index is -4.52. The number of piperidine rings is 1. The standard InChI is InChI=1S/C27H27F3N4OS/c1-18-15-24(27(28,29)30)32-34(18)16-25(35)33-13-11-21(12-14-33)26-31-22(17-36-26)10-9-20-7-4-6-19-5-2-3-8-23(19)20/h2-8,15,17,21H,9-14,16H2,1H3. The molecule has 0 atom stereocenters. The number of thiazole rings is 1. The van der Waals surface area contributed by atoms with Crippen molar-refractivity contribution in [3.8, 4) is 0 Å². The molecule has 0 saturated carbocycles. The molecule has 4 aromatic rings. The van der Waals surface area contributed by atoms with E-state index in [0.717, 1.165) is 47.1 Å². The second-order valence-electron chi connectivity index (χ2n) is 9.30. The Bertz CT molecular complexity index is 1360. The van der Waals surface area contributed by atoms with Gasteiger partial charge in [0.1, 0.15) is 6.54 Å². The van der Waals surface area contributed by atoms with E-state index in [1.165, 1.54) is 23.3 Å². The number of benzene rings is 2. The molecule has 3 heterocycles. The van der Waals surface area contributed by atoms with Crippen LogP contribution in [0.5, 0.6) is 0 Å². The summed E-state index contributed by atoms with van der Waals surface area (Å²) >= 11 is 1.68. The van der Waals surface area contributed by atoms with Crippen molar-refractivity contribution >= 4 is 28.0 Å². The number of likely N-dealkylation sites (tertiary alicyclic amines) is 1. The van der Waals surface area contributed by atoms with Gasteiger partial charge in [-0.15, -0.1) is 11.3 Å². The van der Waals surface area contributed by atoms with Crippen LogP contribution < -0.4 is 0 Å². The minimum Gasteiger partial charge on any atom is -0.341 e. The number of amides is 1. The van der Waals surface area contributed by atoms with E-state index in [2.05, 4.69) is 52.9 Å². The van der Waals surface area contributed by atoms with Crippen LogP contribution in [0.3, 0.4) is 0 Å². The SMILES string of the molecule is Cc1cc(C(F)(F)F)nn1CC(=O)N1CCC(c2nc(CCc3cccc4ccccc34)cs2)CC1. The van der Waals surface area contributed by atoms with E-state index >= 15 is 0 Å². The molecule has 1 aliphatic heterocycles. The lowest BCUT2D eigenvalue weighted by atomic mass is 9.97. The lowest BCUT2D eigenvalue weighted by Gasteiger charge is -2.31. The molecule has 0 bridgehead atoms. The van der Waals surface area contributed by atoms with Crippen LogP contribution in [0.2, 0.25) is 0 Å². The summed E-state index contributed by atoms with van der Waals surface area (Å²) in [5, 5.41) is 9.35. The first-order valence-electron chi connectivity index (χ1n) is 12.1. The van der Waals surface area contributed by atoms with E-state index in [-0.39, 0.29) is 12.5 Å². The Hall–Kier alpha value is -3.20. The molecule has 1 aliphatic rings. The number of hydrogen-bond donors (Lipinski definition) is 0. The zero-order valence-electron chi connectivity index (χ0n) is 20.0. The minimum absolute atomic E-state index is 0.178. The third kappa shape index (κ3) is 5.31. The highest BCUT2D eigenvalue weighted by atomic mass is 32.1. The Kier molecular flexibility index (Phi) is 6.83. The van der Waals surface area contributed by atoms with Gasteiger partial charge in [0.25, 0.3) is 0 Å². The third-order valence-electron chi connectivity index (χ3n) is 6.85. The summed E-state index contributed by atoms with van der Waals surface area (Å²) in [6, 6.07) is 15.8. The topological polar surface area (TPSA) is 51.0 Å². The molecule has 0 N–H and O–H groups in total. The van der Waals surface area contributed by atoms with Crippen molar-refractivity contribution in [2.75, 3.05) is 13.1 Å². The molecule has 2 aromatic carbocycles. The number of aryl methyl sites for hydroxylation is 3. The molecular formula is C27H27F3N4OS. The molecule has 5 rings (SSSR count). The lowest BCUT2D eigenvalue weighted by Crippen LogP contribution is -2.40. The van der Waals surface area contributed by atoms with Gasteiger partial charge in [0, 0.05) is 30.1 Å². The molecule has 5 nitrogen and oxygen atoms in total. The first-order chi connectivity index (χ1) is 17.3. The van der Waals surface area contributed by atoms with Gasteiger partial charge in [0.15, 0.2) is 5.69 Å². The van der Waals surface area contributed by atoms with Crippen LogP contribution in [-0.4, -0.2) is 38.7 Å². The number of carbonyl (C=O) groups is 1. The van der Waals surface area contributed by atoms with Crippen LogP contribution >= 0.6 is 11.3 Å². The summed E-state index contributed by atoms with van der Waals surface area (Å²) in [5.41, 5.74) is 1.77. The molecular weight excluding hydrogens is 485 g/mol. The average Bonchev–Trinajstić information content (AvgIpc) is 3.49. The van der Waals surface area contributed by atoms with Gasteiger partial charge in [-0.2, -0.15) is 18.3 Å². The van der Waals surface area contributed by atoms with E-state index < -0.39 is 11.9 Å². The number of carbonyl (C=O) groups excluding carboxylic acids is 1. The zero-order valence-corrected chi connectivity index (χ0v) is 20.8. The van der Waals surface area contributed by atoms with E-state index in [4.69, 9.17) is 4.98 Å². The van der Waals surface area contributed by atoms with Crippen molar-refractivity contribution in [3.63, 3.8) is 0 Å². The fourth-order valence-electron chi connectivity index (χ4n) is 4.81. The van der Waals surface area contributed by atoms with Crippen molar-refractivity contribution < 1.29 is 18.0 Å². The van der Waals surface area contributed by atoms with Gasteiger partial charge in [0.2, 0.25) is 5.91 Å².